The van der Waals surface area contributed by atoms with E-state index in [1.165, 1.54) is 0 Å². The second kappa shape index (κ2) is 6.43. The Morgan fingerprint density at radius 1 is 1.35 bits per heavy atom. The van der Waals surface area contributed by atoms with Crippen molar-refractivity contribution in [2.24, 2.45) is 5.92 Å². The third-order valence-corrected chi connectivity index (χ3v) is 4.13. The molecule has 0 aromatic rings. The summed E-state index contributed by atoms with van der Waals surface area (Å²) in [6, 6.07) is 0.350. The molecule has 2 aliphatic heterocycles. The summed E-state index contributed by atoms with van der Waals surface area (Å²) in [6.07, 6.45) is 1.69. The monoisotopic (exact) mass is 284 g/mol. The maximum absolute atomic E-state index is 12.6. The molecule has 0 radical (unpaired) electrons. The highest BCUT2D eigenvalue weighted by Gasteiger charge is 2.35. The lowest BCUT2D eigenvalue weighted by molar-refractivity contribution is -0.141. The van der Waals surface area contributed by atoms with Crippen molar-refractivity contribution >= 4 is 12.0 Å². The van der Waals surface area contributed by atoms with E-state index in [1.807, 2.05) is 4.90 Å². The predicted octanol–water partition coefficient (Wildman–Crippen LogP) is 1.40. The van der Waals surface area contributed by atoms with Crippen molar-refractivity contribution in [2.75, 3.05) is 26.2 Å². The Kier molecular flexibility index (Phi) is 4.86. The fourth-order valence-electron chi connectivity index (χ4n) is 3.12. The van der Waals surface area contributed by atoms with E-state index in [1.54, 1.807) is 4.90 Å². The number of likely N-dealkylation sites (tertiary alicyclic amines) is 1. The molecule has 0 bridgehead atoms. The molecule has 114 valence electrons. The number of hydrogen-bond donors (Lipinski definition) is 1. The molecule has 0 aliphatic carbocycles. The summed E-state index contributed by atoms with van der Waals surface area (Å²) in [4.78, 5) is 27.0. The molecule has 2 atom stereocenters. The first-order valence-corrected chi connectivity index (χ1v) is 7.38. The molecule has 2 saturated heterocycles. The van der Waals surface area contributed by atoms with Crippen LogP contribution in [-0.2, 0) is 9.53 Å². The Hall–Kier alpha value is -1.30. The normalized spacial score (nSPS) is 27.1. The number of carbonyl (C=O) groups excluding carboxylic acids is 1. The van der Waals surface area contributed by atoms with E-state index in [2.05, 4.69) is 13.8 Å². The van der Waals surface area contributed by atoms with E-state index < -0.39 is 5.97 Å². The molecule has 0 aromatic heterocycles. The SMILES string of the molecule is CC(C)C1CCCN1C(=O)N1CCOC(CC(=O)O)C1. The number of carboxylic acid groups (broad SMARTS) is 1. The molecule has 2 aliphatic rings. The number of hydrogen-bond acceptors (Lipinski definition) is 3. The van der Waals surface area contributed by atoms with E-state index in [9.17, 15) is 9.59 Å². The van der Waals surface area contributed by atoms with Crippen molar-refractivity contribution < 1.29 is 19.4 Å². The van der Waals surface area contributed by atoms with Crippen LogP contribution in [0.1, 0.15) is 33.1 Å². The molecule has 1 N–H and O–H groups in total. The van der Waals surface area contributed by atoms with Crippen LogP contribution >= 0.6 is 0 Å². The fourth-order valence-corrected chi connectivity index (χ4v) is 3.12. The predicted molar refractivity (Wildman–Crippen MR) is 73.5 cm³/mol. The maximum Gasteiger partial charge on any atom is 0.320 e. The van der Waals surface area contributed by atoms with E-state index in [4.69, 9.17) is 9.84 Å². The van der Waals surface area contributed by atoms with Crippen LogP contribution in [0, 0.1) is 5.92 Å². The summed E-state index contributed by atoms with van der Waals surface area (Å²) in [7, 11) is 0. The Balaban J connectivity index is 1.96. The van der Waals surface area contributed by atoms with Crippen LogP contribution < -0.4 is 0 Å². The summed E-state index contributed by atoms with van der Waals surface area (Å²) in [5, 5.41) is 8.82. The van der Waals surface area contributed by atoms with Crippen molar-refractivity contribution in [1.82, 2.24) is 9.80 Å². The summed E-state index contributed by atoms with van der Waals surface area (Å²) in [5.74, 6) is -0.428. The van der Waals surface area contributed by atoms with Gasteiger partial charge in [0.1, 0.15) is 0 Å². The van der Waals surface area contributed by atoms with Crippen molar-refractivity contribution in [2.45, 2.75) is 45.3 Å². The number of aliphatic carboxylic acids is 1. The lowest BCUT2D eigenvalue weighted by Crippen LogP contribution is -2.53. The lowest BCUT2D eigenvalue weighted by Gasteiger charge is -2.37. The van der Waals surface area contributed by atoms with Gasteiger partial charge in [0.15, 0.2) is 0 Å². The van der Waals surface area contributed by atoms with Crippen LogP contribution in [0.3, 0.4) is 0 Å². The van der Waals surface area contributed by atoms with Gasteiger partial charge in [-0.3, -0.25) is 4.79 Å². The Labute approximate surface area is 119 Å². The lowest BCUT2D eigenvalue weighted by atomic mass is 10.0. The van der Waals surface area contributed by atoms with Crippen molar-refractivity contribution in [3.8, 4) is 0 Å². The zero-order chi connectivity index (χ0) is 14.7. The molecule has 2 heterocycles. The smallest absolute Gasteiger partial charge is 0.320 e. The summed E-state index contributed by atoms with van der Waals surface area (Å²) >= 11 is 0. The Morgan fingerprint density at radius 3 is 2.75 bits per heavy atom. The van der Waals surface area contributed by atoms with Crippen LogP contribution in [0.15, 0.2) is 0 Å². The third kappa shape index (κ3) is 3.42. The van der Waals surface area contributed by atoms with Gasteiger partial charge < -0.3 is 19.6 Å². The molecule has 6 nitrogen and oxygen atoms in total. The molecule has 2 unspecified atom stereocenters. The number of morpholine rings is 1. The number of urea groups is 1. The van der Waals surface area contributed by atoms with Crippen LogP contribution in [0.25, 0.3) is 0 Å². The van der Waals surface area contributed by atoms with E-state index in [-0.39, 0.29) is 18.6 Å². The van der Waals surface area contributed by atoms with E-state index in [0.29, 0.717) is 31.7 Å². The minimum absolute atomic E-state index is 0.0416. The first-order valence-electron chi connectivity index (χ1n) is 7.38. The number of nitrogens with zero attached hydrogens (tertiary/aromatic N) is 2. The highest BCUT2D eigenvalue weighted by atomic mass is 16.5. The minimum atomic E-state index is -0.884. The van der Waals surface area contributed by atoms with Crippen LogP contribution in [-0.4, -0.2) is 65.3 Å². The maximum atomic E-state index is 12.6. The topological polar surface area (TPSA) is 70.1 Å². The molecular formula is C14H24N2O4. The zero-order valence-corrected chi connectivity index (χ0v) is 12.2. The Morgan fingerprint density at radius 2 is 2.10 bits per heavy atom. The van der Waals surface area contributed by atoms with Crippen molar-refractivity contribution in [3.05, 3.63) is 0 Å². The molecule has 20 heavy (non-hydrogen) atoms. The summed E-state index contributed by atoms with van der Waals surface area (Å²) in [5.41, 5.74) is 0. The minimum Gasteiger partial charge on any atom is -0.481 e. The van der Waals surface area contributed by atoms with Gasteiger partial charge in [-0.1, -0.05) is 13.8 Å². The number of amides is 2. The number of ether oxygens (including phenoxy) is 1. The van der Waals surface area contributed by atoms with Gasteiger partial charge >= 0.3 is 12.0 Å². The Bertz CT molecular complexity index is 372. The first-order chi connectivity index (χ1) is 9.49. The molecular weight excluding hydrogens is 260 g/mol. The van der Waals surface area contributed by atoms with Gasteiger partial charge in [-0.15, -0.1) is 0 Å². The van der Waals surface area contributed by atoms with Gasteiger partial charge in [0, 0.05) is 25.7 Å². The van der Waals surface area contributed by atoms with Crippen molar-refractivity contribution in [1.29, 1.82) is 0 Å². The first kappa shape index (κ1) is 15.1. The van der Waals surface area contributed by atoms with Crippen molar-refractivity contribution in [3.63, 3.8) is 0 Å². The molecule has 2 fully saturated rings. The van der Waals surface area contributed by atoms with Gasteiger partial charge in [0.05, 0.1) is 19.1 Å². The van der Waals surface area contributed by atoms with E-state index in [0.717, 1.165) is 19.4 Å². The largest absolute Gasteiger partial charge is 0.481 e. The van der Waals surface area contributed by atoms with Gasteiger partial charge in [0.2, 0.25) is 0 Å². The average Bonchev–Trinajstić information content (AvgIpc) is 2.86. The summed E-state index contributed by atoms with van der Waals surface area (Å²) in [6.45, 7) is 6.45. The van der Waals surface area contributed by atoms with Gasteiger partial charge in [-0.25, -0.2) is 4.79 Å². The van der Waals surface area contributed by atoms with E-state index >= 15 is 0 Å². The molecule has 0 spiro atoms. The summed E-state index contributed by atoms with van der Waals surface area (Å²) < 4.78 is 5.41. The second-order valence-corrected chi connectivity index (χ2v) is 5.97. The molecule has 2 amide bonds. The van der Waals surface area contributed by atoms with Crippen LogP contribution in [0.4, 0.5) is 4.79 Å². The molecule has 0 aromatic carbocycles. The van der Waals surface area contributed by atoms with Crippen LogP contribution in [0.2, 0.25) is 0 Å². The number of rotatable bonds is 3. The highest BCUT2D eigenvalue weighted by Crippen LogP contribution is 2.25. The molecule has 6 heteroatoms. The standard InChI is InChI=1S/C14H24N2O4/c1-10(2)12-4-3-5-16(12)14(19)15-6-7-20-11(9-15)8-13(17)18/h10-12H,3-9H2,1-2H3,(H,17,18). The van der Waals surface area contributed by atoms with Gasteiger partial charge in [-0.05, 0) is 18.8 Å². The fraction of sp³-hybridized carbons (Fsp3) is 0.857. The highest BCUT2D eigenvalue weighted by molar-refractivity contribution is 5.75. The van der Waals surface area contributed by atoms with Gasteiger partial charge in [0.25, 0.3) is 0 Å². The zero-order valence-electron chi connectivity index (χ0n) is 12.2. The second-order valence-electron chi connectivity index (χ2n) is 5.97. The molecule has 2 rings (SSSR count). The number of carboxylic acids is 1. The number of carbonyl (C=O) groups is 2. The van der Waals surface area contributed by atoms with Gasteiger partial charge in [-0.2, -0.15) is 0 Å². The molecule has 0 saturated carbocycles. The van der Waals surface area contributed by atoms with Crippen LogP contribution in [0.5, 0.6) is 0 Å². The quantitative estimate of drug-likeness (QED) is 0.850. The average molecular weight is 284 g/mol. The third-order valence-electron chi connectivity index (χ3n) is 4.13.